The molecule has 3 aromatic carbocycles. The van der Waals surface area contributed by atoms with Gasteiger partial charge in [-0.25, -0.2) is 0 Å². The minimum Gasteiger partial charge on any atom is -0.353 e. The second-order valence-electron chi connectivity index (χ2n) is 6.62. The molecule has 0 aliphatic carbocycles. The predicted molar refractivity (Wildman–Crippen MR) is 108 cm³/mol. The Balaban J connectivity index is 1.76. The molecule has 0 spiro atoms. The Labute approximate surface area is 149 Å². The summed E-state index contributed by atoms with van der Waals surface area (Å²) in [5, 5.41) is 3.71. The number of aromatic amines is 1. The second kappa shape index (κ2) is 4.96. The van der Waals surface area contributed by atoms with Crippen molar-refractivity contribution in [1.29, 1.82) is 0 Å². The lowest BCUT2D eigenvalue weighted by molar-refractivity contribution is 1.19. The van der Waals surface area contributed by atoms with Gasteiger partial charge >= 0.3 is 0 Å². The van der Waals surface area contributed by atoms with E-state index in [1.54, 1.807) is 0 Å². The van der Waals surface area contributed by atoms with Crippen molar-refractivity contribution in [3.05, 3.63) is 85.1 Å². The van der Waals surface area contributed by atoms with E-state index in [1.807, 2.05) is 12.3 Å². The fourth-order valence-corrected chi connectivity index (χ4v) is 4.04. The lowest BCUT2D eigenvalue weighted by Gasteiger charge is -2.08. The van der Waals surface area contributed by atoms with E-state index in [4.69, 9.17) is 0 Å². The summed E-state index contributed by atoms with van der Waals surface area (Å²) in [6.45, 7) is 0. The lowest BCUT2D eigenvalue weighted by Crippen LogP contribution is -1.93. The Morgan fingerprint density at radius 2 is 1.38 bits per heavy atom. The number of nitrogens with zero attached hydrogens (tertiary/aromatic N) is 2. The van der Waals surface area contributed by atoms with Crippen LogP contribution in [0.5, 0.6) is 0 Å². The van der Waals surface area contributed by atoms with E-state index in [0.29, 0.717) is 0 Å². The molecule has 0 saturated carbocycles. The van der Waals surface area contributed by atoms with E-state index in [-0.39, 0.29) is 0 Å². The maximum Gasteiger partial charge on any atom is 0.0958 e. The van der Waals surface area contributed by atoms with Crippen molar-refractivity contribution in [2.24, 2.45) is 0 Å². The van der Waals surface area contributed by atoms with Crippen LogP contribution in [-0.4, -0.2) is 14.5 Å². The molecule has 26 heavy (non-hydrogen) atoms. The van der Waals surface area contributed by atoms with Crippen LogP contribution < -0.4 is 0 Å². The second-order valence-corrected chi connectivity index (χ2v) is 6.62. The van der Waals surface area contributed by atoms with Gasteiger partial charge in [0.15, 0.2) is 0 Å². The minimum absolute atomic E-state index is 1.02. The monoisotopic (exact) mass is 333 g/mol. The first-order chi connectivity index (χ1) is 12.9. The largest absolute Gasteiger partial charge is 0.353 e. The number of rotatable bonds is 1. The van der Waals surface area contributed by atoms with Crippen LogP contribution in [0, 0.1) is 0 Å². The molecule has 0 aliphatic heterocycles. The average Bonchev–Trinajstić information content (AvgIpc) is 3.23. The Morgan fingerprint density at radius 1 is 0.654 bits per heavy atom. The van der Waals surface area contributed by atoms with Gasteiger partial charge in [0.25, 0.3) is 0 Å². The fourth-order valence-electron chi connectivity index (χ4n) is 4.04. The molecule has 3 heteroatoms. The number of H-pyrrole nitrogens is 1. The standard InChI is InChI=1S/C23H15N3/c1-3-9-21-16(6-1)17-7-2-4-10-22(17)26(21)15-11-12-19-18(14-15)23-20(25-19)8-5-13-24-23/h1-14,25H. The van der Waals surface area contributed by atoms with Crippen LogP contribution in [0.15, 0.2) is 85.1 Å². The van der Waals surface area contributed by atoms with Gasteiger partial charge in [0.2, 0.25) is 0 Å². The van der Waals surface area contributed by atoms with Crippen LogP contribution in [0.1, 0.15) is 0 Å². The smallest absolute Gasteiger partial charge is 0.0958 e. The maximum absolute atomic E-state index is 4.58. The number of hydrogen-bond acceptors (Lipinski definition) is 1. The van der Waals surface area contributed by atoms with E-state index in [1.165, 1.54) is 21.8 Å². The zero-order chi connectivity index (χ0) is 17.1. The van der Waals surface area contributed by atoms with E-state index in [2.05, 4.69) is 87.3 Å². The van der Waals surface area contributed by atoms with Crippen LogP contribution in [0.2, 0.25) is 0 Å². The fraction of sp³-hybridized carbons (Fsp3) is 0. The predicted octanol–water partition coefficient (Wildman–Crippen LogP) is 5.81. The van der Waals surface area contributed by atoms with Gasteiger partial charge in [-0.3, -0.25) is 4.98 Å². The van der Waals surface area contributed by atoms with E-state index < -0.39 is 0 Å². The summed E-state index contributed by atoms with van der Waals surface area (Å²) in [7, 11) is 0. The number of benzene rings is 3. The summed E-state index contributed by atoms with van der Waals surface area (Å²) in [5.74, 6) is 0. The number of fused-ring (bicyclic) bond motifs is 6. The van der Waals surface area contributed by atoms with E-state index in [9.17, 15) is 0 Å². The summed E-state index contributed by atoms with van der Waals surface area (Å²) in [5.41, 5.74) is 6.80. The van der Waals surface area contributed by atoms with Crippen LogP contribution in [0.4, 0.5) is 0 Å². The van der Waals surface area contributed by atoms with Gasteiger partial charge in [0.1, 0.15) is 0 Å². The first-order valence-corrected chi connectivity index (χ1v) is 8.75. The van der Waals surface area contributed by atoms with Crippen molar-refractivity contribution in [2.75, 3.05) is 0 Å². The van der Waals surface area contributed by atoms with Crippen LogP contribution >= 0.6 is 0 Å². The lowest BCUT2D eigenvalue weighted by atomic mass is 10.2. The molecule has 122 valence electrons. The molecule has 3 aromatic heterocycles. The molecule has 0 saturated heterocycles. The molecule has 0 radical (unpaired) electrons. The highest BCUT2D eigenvalue weighted by atomic mass is 15.0. The van der Waals surface area contributed by atoms with Crippen molar-refractivity contribution in [3.63, 3.8) is 0 Å². The van der Waals surface area contributed by atoms with Gasteiger partial charge in [0.05, 0.1) is 22.1 Å². The Bertz CT molecular complexity index is 1380. The third-order valence-corrected chi connectivity index (χ3v) is 5.17. The van der Waals surface area contributed by atoms with E-state index >= 15 is 0 Å². The molecule has 0 bridgehead atoms. The number of hydrogen-bond donors (Lipinski definition) is 1. The molecule has 6 rings (SSSR count). The number of para-hydroxylation sites is 2. The third kappa shape index (κ3) is 1.74. The molecule has 0 unspecified atom stereocenters. The summed E-state index contributed by atoms with van der Waals surface area (Å²) in [6.07, 6.45) is 1.85. The molecular formula is C23H15N3. The molecule has 3 heterocycles. The summed E-state index contributed by atoms with van der Waals surface area (Å²) in [6, 6.07) is 27.8. The van der Waals surface area contributed by atoms with Crippen molar-refractivity contribution in [1.82, 2.24) is 14.5 Å². The molecule has 3 nitrogen and oxygen atoms in total. The van der Waals surface area contributed by atoms with Gasteiger partial charge in [-0.15, -0.1) is 0 Å². The molecular weight excluding hydrogens is 318 g/mol. The Kier molecular flexibility index (Phi) is 2.61. The number of nitrogens with one attached hydrogen (secondary N) is 1. The van der Waals surface area contributed by atoms with Crippen molar-refractivity contribution in [2.45, 2.75) is 0 Å². The van der Waals surface area contributed by atoms with Crippen LogP contribution in [-0.2, 0) is 0 Å². The van der Waals surface area contributed by atoms with Crippen molar-refractivity contribution >= 4 is 43.7 Å². The highest BCUT2D eigenvalue weighted by molar-refractivity contribution is 6.10. The summed E-state index contributed by atoms with van der Waals surface area (Å²) < 4.78 is 2.34. The quantitative estimate of drug-likeness (QED) is 0.404. The summed E-state index contributed by atoms with van der Waals surface area (Å²) >= 11 is 0. The first-order valence-electron chi connectivity index (χ1n) is 8.75. The number of pyridine rings is 1. The van der Waals surface area contributed by atoms with Crippen LogP contribution in [0.25, 0.3) is 49.4 Å². The van der Waals surface area contributed by atoms with Gasteiger partial charge in [0, 0.05) is 33.6 Å². The van der Waals surface area contributed by atoms with Crippen molar-refractivity contribution < 1.29 is 0 Å². The normalized spacial score (nSPS) is 11.8. The van der Waals surface area contributed by atoms with Gasteiger partial charge in [-0.2, -0.15) is 0 Å². The molecule has 1 N–H and O–H groups in total. The molecule has 0 aliphatic rings. The SMILES string of the molecule is c1cnc2c(c1)[nH]c1ccc(-n3c4ccccc4c4ccccc43)cc12. The van der Waals surface area contributed by atoms with Gasteiger partial charge in [-0.05, 0) is 42.5 Å². The average molecular weight is 333 g/mol. The molecule has 0 amide bonds. The molecule has 6 aromatic rings. The molecule has 0 atom stereocenters. The van der Waals surface area contributed by atoms with Crippen LogP contribution in [0.3, 0.4) is 0 Å². The van der Waals surface area contributed by atoms with Gasteiger partial charge < -0.3 is 9.55 Å². The third-order valence-electron chi connectivity index (χ3n) is 5.17. The molecule has 0 fully saturated rings. The first kappa shape index (κ1) is 13.7. The van der Waals surface area contributed by atoms with E-state index in [0.717, 1.165) is 27.6 Å². The van der Waals surface area contributed by atoms with Crippen molar-refractivity contribution in [3.8, 4) is 5.69 Å². The summed E-state index contributed by atoms with van der Waals surface area (Å²) in [4.78, 5) is 8.03. The zero-order valence-electron chi connectivity index (χ0n) is 14.0. The Hall–Kier alpha value is -3.59. The zero-order valence-corrected chi connectivity index (χ0v) is 14.0. The topological polar surface area (TPSA) is 33.6 Å². The highest BCUT2D eigenvalue weighted by Gasteiger charge is 2.13. The highest BCUT2D eigenvalue weighted by Crippen LogP contribution is 2.33. The minimum atomic E-state index is 1.02. The number of aromatic nitrogens is 3. The maximum atomic E-state index is 4.58. The Morgan fingerprint density at radius 3 is 2.15 bits per heavy atom. The van der Waals surface area contributed by atoms with Gasteiger partial charge in [-0.1, -0.05) is 36.4 Å².